The van der Waals surface area contributed by atoms with E-state index in [9.17, 15) is 13.2 Å². The van der Waals surface area contributed by atoms with Crippen molar-refractivity contribution in [1.29, 1.82) is 0 Å². The maximum absolute atomic E-state index is 12.1. The SMILES string of the molecule is CCNC(=NCc1ccc(COCC(F)(F)F)cc1)NCc1ccccc1OC. The zero-order valence-corrected chi connectivity index (χ0v) is 16.6. The van der Waals surface area contributed by atoms with Gasteiger partial charge in [0.25, 0.3) is 0 Å². The molecule has 2 N–H and O–H groups in total. The fraction of sp³-hybridized carbons (Fsp3) is 0.381. The quantitative estimate of drug-likeness (QED) is 0.485. The molecule has 0 amide bonds. The summed E-state index contributed by atoms with van der Waals surface area (Å²) in [6.07, 6.45) is -4.31. The van der Waals surface area contributed by atoms with Gasteiger partial charge < -0.3 is 20.1 Å². The lowest BCUT2D eigenvalue weighted by Gasteiger charge is -2.13. The largest absolute Gasteiger partial charge is 0.496 e. The highest BCUT2D eigenvalue weighted by Crippen LogP contribution is 2.17. The van der Waals surface area contributed by atoms with Gasteiger partial charge in [-0.15, -0.1) is 0 Å². The molecule has 29 heavy (non-hydrogen) atoms. The van der Waals surface area contributed by atoms with Crippen molar-refractivity contribution in [3.05, 3.63) is 65.2 Å². The van der Waals surface area contributed by atoms with Gasteiger partial charge in [0.1, 0.15) is 12.4 Å². The second-order valence-electron chi connectivity index (χ2n) is 6.29. The fourth-order valence-corrected chi connectivity index (χ4v) is 2.57. The Morgan fingerprint density at radius 2 is 1.69 bits per heavy atom. The number of para-hydroxylation sites is 1. The maximum Gasteiger partial charge on any atom is 0.411 e. The summed E-state index contributed by atoms with van der Waals surface area (Å²) in [5.41, 5.74) is 2.64. The van der Waals surface area contributed by atoms with Crippen LogP contribution >= 0.6 is 0 Å². The van der Waals surface area contributed by atoms with Crippen molar-refractivity contribution < 1.29 is 22.6 Å². The van der Waals surface area contributed by atoms with E-state index < -0.39 is 12.8 Å². The topological polar surface area (TPSA) is 54.9 Å². The fourth-order valence-electron chi connectivity index (χ4n) is 2.57. The number of benzene rings is 2. The van der Waals surface area contributed by atoms with Crippen LogP contribution in [0.25, 0.3) is 0 Å². The van der Waals surface area contributed by atoms with E-state index >= 15 is 0 Å². The summed E-state index contributed by atoms with van der Waals surface area (Å²) in [5.74, 6) is 1.47. The Kier molecular flexibility index (Phi) is 8.79. The summed E-state index contributed by atoms with van der Waals surface area (Å²) in [7, 11) is 1.63. The van der Waals surface area contributed by atoms with Crippen molar-refractivity contribution >= 4 is 5.96 Å². The molecular weight excluding hydrogens is 383 g/mol. The number of nitrogens with one attached hydrogen (secondary N) is 2. The third-order valence-corrected chi connectivity index (χ3v) is 3.96. The van der Waals surface area contributed by atoms with Gasteiger partial charge in [-0.3, -0.25) is 0 Å². The molecule has 0 radical (unpaired) electrons. The van der Waals surface area contributed by atoms with Gasteiger partial charge in [0.2, 0.25) is 0 Å². The van der Waals surface area contributed by atoms with Crippen molar-refractivity contribution in [2.24, 2.45) is 4.99 Å². The number of alkyl halides is 3. The zero-order valence-electron chi connectivity index (χ0n) is 16.6. The monoisotopic (exact) mass is 409 g/mol. The highest BCUT2D eigenvalue weighted by molar-refractivity contribution is 5.79. The number of guanidine groups is 1. The van der Waals surface area contributed by atoms with Gasteiger partial charge in [-0.05, 0) is 24.1 Å². The first-order valence-electron chi connectivity index (χ1n) is 9.27. The number of aliphatic imine (C=N–C) groups is 1. The van der Waals surface area contributed by atoms with E-state index in [4.69, 9.17) is 4.74 Å². The minimum absolute atomic E-state index is 0.0772. The molecule has 0 aliphatic heterocycles. The van der Waals surface area contributed by atoms with E-state index in [1.54, 1.807) is 19.2 Å². The molecule has 0 spiro atoms. The molecule has 0 bridgehead atoms. The molecule has 0 saturated carbocycles. The van der Waals surface area contributed by atoms with Gasteiger partial charge in [0.05, 0.1) is 20.3 Å². The van der Waals surface area contributed by atoms with Gasteiger partial charge in [-0.2, -0.15) is 13.2 Å². The van der Waals surface area contributed by atoms with Crippen molar-refractivity contribution in [3.63, 3.8) is 0 Å². The Morgan fingerprint density at radius 3 is 2.34 bits per heavy atom. The van der Waals surface area contributed by atoms with Crippen LogP contribution in [0.3, 0.4) is 0 Å². The van der Waals surface area contributed by atoms with Crippen LogP contribution in [0.5, 0.6) is 5.75 Å². The molecule has 0 unspecified atom stereocenters. The summed E-state index contributed by atoms with van der Waals surface area (Å²) in [6, 6.07) is 14.9. The van der Waals surface area contributed by atoms with Gasteiger partial charge in [-0.1, -0.05) is 42.5 Å². The molecule has 2 rings (SSSR count). The molecule has 0 heterocycles. The van der Waals surface area contributed by atoms with E-state index in [-0.39, 0.29) is 6.61 Å². The first-order chi connectivity index (χ1) is 13.9. The Balaban J connectivity index is 1.90. The highest BCUT2D eigenvalue weighted by atomic mass is 19.4. The molecule has 158 valence electrons. The van der Waals surface area contributed by atoms with Crippen LogP contribution in [0.1, 0.15) is 23.6 Å². The number of methoxy groups -OCH3 is 1. The van der Waals surface area contributed by atoms with Crippen molar-refractivity contribution in [1.82, 2.24) is 10.6 Å². The van der Waals surface area contributed by atoms with Gasteiger partial charge in [0.15, 0.2) is 5.96 Å². The standard InChI is InChI=1S/C21H26F3N3O2/c1-3-25-20(27-13-18-6-4-5-7-19(18)28-2)26-12-16-8-10-17(11-9-16)14-29-15-21(22,23)24/h4-11H,3,12-15H2,1-2H3,(H2,25,26,27). The molecule has 2 aromatic carbocycles. The first-order valence-corrected chi connectivity index (χ1v) is 9.27. The lowest BCUT2D eigenvalue weighted by atomic mass is 10.1. The van der Waals surface area contributed by atoms with Crippen LogP contribution in [-0.2, 0) is 24.4 Å². The van der Waals surface area contributed by atoms with Gasteiger partial charge >= 0.3 is 6.18 Å². The Labute approximate surface area is 168 Å². The summed E-state index contributed by atoms with van der Waals surface area (Å²) in [4.78, 5) is 4.55. The lowest BCUT2D eigenvalue weighted by molar-refractivity contribution is -0.176. The predicted molar refractivity (Wildman–Crippen MR) is 107 cm³/mol. The molecule has 5 nitrogen and oxygen atoms in total. The molecule has 0 aliphatic rings. The first kappa shape index (κ1) is 22.5. The van der Waals surface area contributed by atoms with Crippen molar-refractivity contribution in [2.75, 3.05) is 20.3 Å². The Morgan fingerprint density at radius 1 is 1.00 bits per heavy atom. The number of hydrogen-bond acceptors (Lipinski definition) is 3. The Hall–Kier alpha value is -2.74. The van der Waals surface area contributed by atoms with Crippen LogP contribution in [0.15, 0.2) is 53.5 Å². The molecule has 2 aromatic rings. The van der Waals surface area contributed by atoms with Gasteiger partial charge in [0, 0.05) is 18.7 Å². The van der Waals surface area contributed by atoms with E-state index in [0.717, 1.165) is 16.9 Å². The minimum atomic E-state index is -4.31. The van der Waals surface area contributed by atoms with Crippen molar-refractivity contribution in [3.8, 4) is 5.75 Å². The number of halogens is 3. The second-order valence-corrected chi connectivity index (χ2v) is 6.29. The van der Waals surface area contributed by atoms with Crippen LogP contribution in [-0.4, -0.2) is 32.4 Å². The molecular formula is C21H26F3N3O2. The number of rotatable bonds is 9. The van der Waals surface area contributed by atoms with Crippen LogP contribution in [0.4, 0.5) is 13.2 Å². The van der Waals surface area contributed by atoms with E-state index in [0.29, 0.717) is 31.2 Å². The summed E-state index contributed by atoms with van der Waals surface area (Å²) >= 11 is 0. The predicted octanol–water partition coefficient (Wildman–Crippen LogP) is 4.03. The summed E-state index contributed by atoms with van der Waals surface area (Å²) in [5, 5.41) is 6.45. The Bertz CT molecular complexity index is 777. The third kappa shape index (κ3) is 8.43. The highest BCUT2D eigenvalue weighted by Gasteiger charge is 2.27. The van der Waals surface area contributed by atoms with Crippen molar-refractivity contribution in [2.45, 2.75) is 32.8 Å². The summed E-state index contributed by atoms with van der Waals surface area (Å²) < 4.78 is 46.4. The number of ether oxygens (including phenoxy) is 2. The van der Waals surface area contributed by atoms with E-state index in [1.807, 2.05) is 43.3 Å². The molecule has 0 saturated heterocycles. The normalized spacial score (nSPS) is 12.0. The van der Waals surface area contributed by atoms with E-state index in [2.05, 4.69) is 20.4 Å². The van der Waals surface area contributed by atoms with Crippen LogP contribution in [0.2, 0.25) is 0 Å². The average Bonchev–Trinajstić information content (AvgIpc) is 2.70. The average molecular weight is 409 g/mol. The molecule has 0 aromatic heterocycles. The molecule has 8 heteroatoms. The maximum atomic E-state index is 12.1. The zero-order chi connectivity index (χ0) is 21.1. The number of hydrogen-bond donors (Lipinski definition) is 2. The molecule has 0 atom stereocenters. The minimum Gasteiger partial charge on any atom is -0.496 e. The van der Waals surface area contributed by atoms with Crippen LogP contribution < -0.4 is 15.4 Å². The van der Waals surface area contributed by atoms with Crippen LogP contribution in [0, 0.1) is 0 Å². The second kappa shape index (κ2) is 11.3. The smallest absolute Gasteiger partial charge is 0.411 e. The third-order valence-electron chi connectivity index (χ3n) is 3.96. The van der Waals surface area contributed by atoms with E-state index in [1.165, 1.54) is 0 Å². The summed E-state index contributed by atoms with van der Waals surface area (Å²) in [6.45, 7) is 2.37. The lowest BCUT2D eigenvalue weighted by Crippen LogP contribution is -2.36. The number of nitrogens with zero attached hydrogens (tertiary/aromatic N) is 1. The molecule has 0 aliphatic carbocycles. The molecule has 0 fully saturated rings. The van der Waals surface area contributed by atoms with Gasteiger partial charge in [-0.25, -0.2) is 4.99 Å².